The number of anilines is 1. The summed E-state index contributed by atoms with van der Waals surface area (Å²) in [5.41, 5.74) is 1.34. The molecule has 216 valence electrons. The van der Waals surface area contributed by atoms with Crippen LogP contribution in [0.2, 0.25) is 0 Å². The van der Waals surface area contributed by atoms with E-state index in [1.54, 1.807) is 25.3 Å². The van der Waals surface area contributed by atoms with Gasteiger partial charge in [0.15, 0.2) is 28.8 Å². The lowest BCUT2D eigenvalue weighted by molar-refractivity contribution is 0.0991. The van der Waals surface area contributed by atoms with E-state index in [0.29, 0.717) is 52.6 Å². The number of pyridine rings is 2. The number of hydrogen-bond acceptors (Lipinski definition) is 7. The fourth-order valence-electron chi connectivity index (χ4n) is 4.53. The summed E-state index contributed by atoms with van der Waals surface area (Å²) in [6.45, 7) is 6.67. The maximum absolute atomic E-state index is 15.2. The van der Waals surface area contributed by atoms with E-state index in [4.69, 9.17) is 9.47 Å². The summed E-state index contributed by atoms with van der Waals surface area (Å²) in [6.07, 6.45) is 2.90. The lowest BCUT2D eigenvalue weighted by atomic mass is 10.0. The van der Waals surface area contributed by atoms with Crippen molar-refractivity contribution in [2.45, 2.75) is 33.2 Å². The number of ketones is 1. The number of Topliss-reactive ketones (excluding diaryl/α,β-unsaturated/α-hetero) is 1. The number of benzene rings is 2. The van der Waals surface area contributed by atoms with Gasteiger partial charge in [0.2, 0.25) is 0 Å². The minimum Gasteiger partial charge on any atom is -0.453 e. The van der Waals surface area contributed by atoms with Gasteiger partial charge in [-0.1, -0.05) is 6.07 Å². The number of nitrogens with zero attached hydrogens (tertiary/aromatic N) is 3. The number of carbonyl (C=O) groups is 1. The van der Waals surface area contributed by atoms with Gasteiger partial charge < -0.3 is 14.8 Å². The van der Waals surface area contributed by atoms with Crippen molar-refractivity contribution in [3.8, 4) is 17.2 Å². The van der Waals surface area contributed by atoms with Crippen molar-refractivity contribution in [3.63, 3.8) is 0 Å². The Morgan fingerprint density at radius 1 is 1.10 bits per heavy atom. The predicted molar refractivity (Wildman–Crippen MR) is 155 cm³/mol. The van der Waals surface area contributed by atoms with Gasteiger partial charge in [-0.15, -0.1) is 0 Å². The number of carbonyl (C=O) groups excluding carboxylic acids is 1. The minimum absolute atomic E-state index is 0.0437. The van der Waals surface area contributed by atoms with Crippen LogP contribution < -0.4 is 15.6 Å². The van der Waals surface area contributed by atoms with Crippen LogP contribution in [0.15, 0.2) is 71.8 Å². The van der Waals surface area contributed by atoms with E-state index < -0.39 is 23.0 Å². The first-order valence-corrected chi connectivity index (χ1v) is 13.4. The molecule has 0 aliphatic carbocycles. The molecule has 3 heterocycles. The molecule has 0 unspecified atom stereocenters. The second-order valence-corrected chi connectivity index (χ2v) is 9.86. The van der Waals surface area contributed by atoms with Crippen LogP contribution >= 0.6 is 0 Å². The first kappa shape index (κ1) is 28.6. The van der Waals surface area contributed by atoms with Gasteiger partial charge in [-0.25, -0.2) is 13.8 Å². The molecule has 0 aliphatic rings. The molecule has 3 aromatic heterocycles. The Kier molecular flexibility index (Phi) is 8.39. The molecule has 0 bridgehead atoms. The zero-order valence-electron chi connectivity index (χ0n) is 23.3. The summed E-state index contributed by atoms with van der Waals surface area (Å²) in [7, 11) is 0. The first-order chi connectivity index (χ1) is 20.2. The Hall–Kier alpha value is -4.90. The highest BCUT2D eigenvalue weighted by molar-refractivity contribution is 5.97. The fourth-order valence-corrected chi connectivity index (χ4v) is 4.53. The highest BCUT2D eigenvalue weighted by atomic mass is 19.1. The summed E-state index contributed by atoms with van der Waals surface area (Å²) < 4.78 is 41.3. The van der Waals surface area contributed by atoms with Gasteiger partial charge in [0.25, 0.3) is 5.56 Å². The van der Waals surface area contributed by atoms with E-state index in [-0.39, 0.29) is 23.8 Å². The number of nitrogens with one attached hydrogen (secondary N) is 2. The van der Waals surface area contributed by atoms with E-state index >= 15 is 4.39 Å². The highest BCUT2D eigenvalue weighted by Gasteiger charge is 2.19. The van der Waals surface area contributed by atoms with Gasteiger partial charge in [0.05, 0.1) is 12.2 Å². The molecule has 0 saturated carbocycles. The van der Waals surface area contributed by atoms with E-state index in [1.165, 1.54) is 53.2 Å². The second-order valence-electron chi connectivity index (χ2n) is 9.86. The highest BCUT2D eigenvalue weighted by Crippen LogP contribution is 2.34. The number of aromatic amines is 1. The number of aromatic nitrogens is 4. The Bertz CT molecular complexity index is 1800. The van der Waals surface area contributed by atoms with Gasteiger partial charge in [0, 0.05) is 43.2 Å². The quantitative estimate of drug-likeness (QED) is 0.194. The predicted octanol–water partition coefficient (Wildman–Crippen LogP) is 5.75. The van der Waals surface area contributed by atoms with Crippen molar-refractivity contribution in [3.05, 3.63) is 106 Å². The van der Waals surface area contributed by atoms with Crippen LogP contribution in [0.5, 0.6) is 11.5 Å². The van der Waals surface area contributed by atoms with Crippen molar-refractivity contribution in [2.24, 2.45) is 0 Å². The van der Waals surface area contributed by atoms with Gasteiger partial charge in [0.1, 0.15) is 17.0 Å². The zero-order chi connectivity index (χ0) is 29.8. The number of hydrogen-bond donors (Lipinski definition) is 2. The minimum atomic E-state index is -0.680. The SMILES string of the molecule is CCOC[C@H](C)Nc1n[nH]c2nccc(Oc3ccc(CC(=O)c4cc(C)cn(-c5ccc(F)cc5)c4=O)cc3F)c12. The van der Waals surface area contributed by atoms with Gasteiger partial charge >= 0.3 is 0 Å². The third-order valence-electron chi connectivity index (χ3n) is 6.52. The lowest BCUT2D eigenvalue weighted by Crippen LogP contribution is -2.26. The average Bonchev–Trinajstić information content (AvgIpc) is 3.38. The van der Waals surface area contributed by atoms with E-state index in [9.17, 15) is 14.0 Å². The Labute approximate surface area is 240 Å². The Morgan fingerprint density at radius 2 is 1.88 bits per heavy atom. The fraction of sp³-hybridized carbons (Fsp3) is 0.226. The van der Waals surface area contributed by atoms with E-state index in [2.05, 4.69) is 20.5 Å². The van der Waals surface area contributed by atoms with E-state index in [0.717, 1.165) is 0 Å². The maximum Gasteiger partial charge on any atom is 0.265 e. The molecule has 0 fully saturated rings. The molecule has 9 nitrogen and oxygen atoms in total. The first-order valence-electron chi connectivity index (χ1n) is 13.4. The number of fused-ring (bicyclic) bond motifs is 1. The maximum atomic E-state index is 15.2. The Morgan fingerprint density at radius 3 is 2.62 bits per heavy atom. The number of ether oxygens (including phenoxy) is 2. The van der Waals surface area contributed by atoms with Crippen molar-refractivity contribution in [1.29, 1.82) is 0 Å². The zero-order valence-corrected chi connectivity index (χ0v) is 23.3. The molecule has 0 amide bonds. The van der Waals surface area contributed by atoms with Crippen LogP contribution in [0.1, 0.15) is 35.3 Å². The van der Waals surface area contributed by atoms with Crippen LogP contribution in [-0.4, -0.2) is 44.8 Å². The molecule has 11 heteroatoms. The molecule has 0 saturated heterocycles. The number of rotatable bonds is 11. The summed E-state index contributed by atoms with van der Waals surface area (Å²) in [5.74, 6) is -0.814. The van der Waals surface area contributed by atoms with Crippen molar-refractivity contribution < 1.29 is 23.0 Å². The van der Waals surface area contributed by atoms with Crippen LogP contribution in [0.25, 0.3) is 16.7 Å². The van der Waals surface area contributed by atoms with Crippen molar-refractivity contribution in [1.82, 2.24) is 19.7 Å². The van der Waals surface area contributed by atoms with Gasteiger partial charge in [-0.3, -0.25) is 19.3 Å². The molecule has 5 aromatic rings. The summed E-state index contributed by atoms with van der Waals surface area (Å²) in [5, 5.41) is 10.9. The Balaban J connectivity index is 1.36. The molecule has 42 heavy (non-hydrogen) atoms. The topological polar surface area (TPSA) is 111 Å². The van der Waals surface area contributed by atoms with Gasteiger partial charge in [-0.05, 0) is 74.4 Å². The molecule has 0 spiro atoms. The molecule has 0 radical (unpaired) electrons. The summed E-state index contributed by atoms with van der Waals surface area (Å²) in [6, 6.07) is 12.7. The summed E-state index contributed by atoms with van der Waals surface area (Å²) in [4.78, 5) is 30.6. The number of halogens is 2. The molecule has 0 aliphatic heterocycles. The van der Waals surface area contributed by atoms with Crippen LogP contribution in [0.4, 0.5) is 14.6 Å². The third-order valence-corrected chi connectivity index (χ3v) is 6.52. The van der Waals surface area contributed by atoms with Crippen LogP contribution in [0.3, 0.4) is 0 Å². The third kappa shape index (κ3) is 6.21. The molecule has 1 atom stereocenters. The molecular weight excluding hydrogens is 544 g/mol. The van der Waals surface area contributed by atoms with E-state index in [1.807, 2.05) is 13.8 Å². The van der Waals surface area contributed by atoms with Crippen LogP contribution in [0, 0.1) is 18.6 Å². The smallest absolute Gasteiger partial charge is 0.265 e. The standard InChI is InChI=1S/C31H29F2N5O4/c1-4-41-17-19(3)35-30-28-27(11-12-34-29(28)36-37-30)42-26-10-5-20(14-24(26)33)15-25(39)23-13-18(2)16-38(31(23)40)22-8-6-21(32)7-9-22/h5-14,16,19H,4,15,17H2,1-3H3,(H2,34,35,36,37)/t19-/m0/s1. The summed E-state index contributed by atoms with van der Waals surface area (Å²) >= 11 is 0. The molecule has 2 N–H and O–H groups in total. The van der Waals surface area contributed by atoms with Crippen LogP contribution in [-0.2, 0) is 11.2 Å². The second kappa shape index (κ2) is 12.3. The average molecular weight is 574 g/mol. The molecular formula is C31H29F2N5O4. The number of H-pyrrole nitrogens is 1. The molecule has 5 rings (SSSR count). The normalized spacial score (nSPS) is 11.9. The van der Waals surface area contributed by atoms with Crippen molar-refractivity contribution in [2.75, 3.05) is 18.5 Å². The molecule has 2 aromatic carbocycles. The lowest BCUT2D eigenvalue weighted by Gasteiger charge is -2.14. The monoisotopic (exact) mass is 573 g/mol. The number of aryl methyl sites for hydroxylation is 1. The van der Waals surface area contributed by atoms with Gasteiger partial charge in [-0.2, -0.15) is 5.10 Å². The van der Waals surface area contributed by atoms with Crippen molar-refractivity contribution >= 4 is 22.6 Å². The largest absolute Gasteiger partial charge is 0.453 e.